The Labute approximate surface area is 170 Å². The molecule has 1 aliphatic heterocycles. The van der Waals surface area contributed by atoms with E-state index in [-0.39, 0.29) is 11.8 Å². The number of amides is 1. The summed E-state index contributed by atoms with van der Waals surface area (Å²) in [7, 11) is 0. The lowest BCUT2D eigenvalue weighted by molar-refractivity contribution is -0.132. The lowest BCUT2D eigenvalue weighted by Gasteiger charge is -2.30. The Morgan fingerprint density at radius 1 is 1.07 bits per heavy atom. The quantitative estimate of drug-likeness (QED) is 0.660. The molecular weight excluding hydrogens is 364 g/mol. The monoisotopic (exact) mass is 388 g/mol. The van der Waals surface area contributed by atoms with Crippen molar-refractivity contribution in [3.05, 3.63) is 66.2 Å². The molecule has 1 saturated carbocycles. The average molecular weight is 388 g/mol. The van der Waals surface area contributed by atoms with E-state index in [4.69, 9.17) is 4.52 Å². The van der Waals surface area contributed by atoms with Crippen molar-refractivity contribution in [3.63, 3.8) is 0 Å². The predicted octanol–water partition coefficient (Wildman–Crippen LogP) is 4.03. The Bertz CT molecular complexity index is 965. The highest BCUT2D eigenvalue weighted by Crippen LogP contribution is 2.49. The number of carbonyl (C=O) groups is 1. The molecule has 3 heterocycles. The number of likely N-dealkylation sites (tertiary alicyclic amines) is 1. The number of hydrogen-bond donors (Lipinski definition) is 0. The molecule has 5 rings (SSSR count). The third-order valence-electron chi connectivity index (χ3n) is 6.12. The minimum Gasteiger partial charge on any atom is -0.343 e. The molecule has 2 aliphatic rings. The highest BCUT2D eigenvalue weighted by Gasteiger charge is 2.40. The minimum atomic E-state index is 0.210. The number of benzene rings is 1. The average Bonchev–Trinajstić information content (AvgIpc) is 3.37. The van der Waals surface area contributed by atoms with Crippen LogP contribution in [0.15, 0.2) is 59.3 Å². The second-order valence-corrected chi connectivity index (χ2v) is 8.04. The molecule has 2 fully saturated rings. The van der Waals surface area contributed by atoms with Crippen molar-refractivity contribution in [1.82, 2.24) is 20.0 Å². The van der Waals surface area contributed by atoms with Gasteiger partial charge in [-0.2, -0.15) is 4.98 Å². The van der Waals surface area contributed by atoms with E-state index in [1.54, 1.807) is 6.20 Å². The summed E-state index contributed by atoms with van der Waals surface area (Å²) < 4.78 is 5.49. The summed E-state index contributed by atoms with van der Waals surface area (Å²) >= 11 is 0. The molecule has 29 heavy (non-hydrogen) atoms. The van der Waals surface area contributed by atoms with Gasteiger partial charge >= 0.3 is 0 Å². The molecule has 6 nitrogen and oxygen atoms in total. The van der Waals surface area contributed by atoms with Gasteiger partial charge in [-0.25, -0.2) is 0 Å². The van der Waals surface area contributed by atoms with E-state index >= 15 is 0 Å². The molecule has 1 amide bonds. The topological polar surface area (TPSA) is 72.1 Å². The van der Waals surface area contributed by atoms with E-state index in [0.29, 0.717) is 35.7 Å². The number of nitrogens with zero attached hydrogens (tertiary/aromatic N) is 4. The second-order valence-electron chi connectivity index (χ2n) is 8.04. The van der Waals surface area contributed by atoms with Crippen molar-refractivity contribution < 1.29 is 9.32 Å². The van der Waals surface area contributed by atoms with E-state index in [2.05, 4.69) is 39.4 Å². The van der Waals surface area contributed by atoms with Gasteiger partial charge in [-0.05, 0) is 48.8 Å². The van der Waals surface area contributed by atoms with Gasteiger partial charge in [0.2, 0.25) is 17.6 Å². The van der Waals surface area contributed by atoms with Gasteiger partial charge in [0.25, 0.3) is 0 Å². The van der Waals surface area contributed by atoms with Gasteiger partial charge in [-0.15, -0.1) is 0 Å². The molecule has 0 N–H and O–H groups in total. The molecule has 1 aromatic carbocycles. The summed E-state index contributed by atoms with van der Waals surface area (Å²) in [5, 5.41) is 4.07. The Kier molecular flexibility index (Phi) is 4.84. The zero-order chi connectivity index (χ0) is 19.6. The molecule has 0 spiro atoms. The number of hydrogen-bond acceptors (Lipinski definition) is 5. The maximum Gasteiger partial charge on any atom is 0.230 e. The summed E-state index contributed by atoms with van der Waals surface area (Å²) in [6.07, 6.45) is 5.24. The normalized spacial score (nSPS) is 21.9. The predicted molar refractivity (Wildman–Crippen MR) is 108 cm³/mol. The molecule has 6 heteroatoms. The first-order valence-electron chi connectivity index (χ1n) is 10.4. The molecule has 0 bridgehead atoms. The van der Waals surface area contributed by atoms with Crippen molar-refractivity contribution >= 4 is 5.91 Å². The molecule has 1 saturated heterocycles. The van der Waals surface area contributed by atoms with Gasteiger partial charge in [-0.1, -0.05) is 41.6 Å². The van der Waals surface area contributed by atoms with E-state index in [0.717, 1.165) is 32.4 Å². The van der Waals surface area contributed by atoms with Gasteiger partial charge < -0.3 is 9.42 Å². The summed E-state index contributed by atoms with van der Waals surface area (Å²) in [5.41, 5.74) is 2.08. The number of piperidine rings is 1. The van der Waals surface area contributed by atoms with Crippen LogP contribution in [0.2, 0.25) is 0 Å². The highest BCUT2D eigenvalue weighted by molar-refractivity contribution is 5.77. The van der Waals surface area contributed by atoms with Crippen LogP contribution in [-0.4, -0.2) is 39.0 Å². The first-order valence-corrected chi connectivity index (χ1v) is 10.4. The largest absolute Gasteiger partial charge is 0.343 e. The van der Waals surface area contributed by atoms with E-state index < -0.39 is 0 Å². The van der Waals surface area contributed by atoms with Gasteiger partial charge in [-0.3, -0.25) is 9.78 Å². The van der Waals surface area contributed by atoms with Crippen LogP contribution in [-0.2, 0) is 4.79 Å². The van der Waals surface area contributed by atoms with Crippen LogP contribution in [0.3, 0.4) is 0 Å². The van der Waals surface area contributed by atoms with E-state index in [9.17, 15) is 4.79 Å². The second kappa shape index (κ2) is 7.78. The van der Waals surface area contributed by atoms with E-state index in [1.165, 1.54) is 5.56 Å². The standard InChI is InChI=1S/C23H24N4O2/c28-21(15-18-14-19(18)16-6-2-1-3-7-16)27-12-9-17(10-13-27)23-25-22(26-29-23)20-8-4-5-11-24-20/h1-8,11,17-19H,9-10,12-15H2. The number of carbonyl (C=O) groups excluding carboxylic acids is 1. The fraction of sp³-hybridized carbons (Fsp3) is 0.391. The number of aromatic nitrogens is 3. The Morgan fingerprint density at radius 2 is 1.86 bits per heavy atom. The summed E-state index contributed by atoms with van der Waals surface area (Å²) in [6.45, 7) is 1.51. The van der Waals surface area contributed by atoms with Crippen molar-refractivity contribution in [1.29, 1.82) is 0 Å². The Hall–Kier alpha value is -3.02. The lowest BCUT2D eigenvalue weighted by atomic mass is 9.96. The summed E-state index contributed by atoms with van der Waals surface area (Å²) in [6, 6.07) is 16.2. The molecule has 2 unspecified atom stereocenters. The van der Waals surface area contributed by atoms with Crippen molar-refractivity contribution in [2.75, 3.05) is 13.1 Å². The van der Waals surface area contributed by atoms with Gasteiger partial charge in [0.1, 0.15) is 5.69 Å². The Balaban J connectivity index is 1.13. The van der Waals surface area contributed by atoms with Crippen LogP contribution < -0.4 is 0 Å². The van der Waals surface area contributed by atoms with Crippen molar-refractivity contribution in [2.24, 2.45) is 5.92 Å². The number of pyridine rings is 1. The number of rotatable bonds is 5. The first-order chi connectivity index (χ1) is 14.3. The maximum atomic E-state index is 12.7. The molecule has 1 aliphatic carbocycles. The maximum absolute atomic E-state index is 12.7. The molecule has 3 aromatic rings. The zero-order valence-electron chi connectivity index (χ0n) is 16.3. The molecule has 2 aromatic heterocycles. The summed E-state index contributed by atoms with van der Waals surface area (Å²) in [5.74, 6) is 2.73. The van der Waals surface area contributed by atoms with Crippen LogP contribution in [0.1, 0.15) is 49.0 Å². The van der Waals surface area contributed by atoms with Crippen LogP contribution in [0.25, 0.3) is 11.5 Å². The van der Waals surface area contributed by atoms with Gasteiger partial charge in [0.05, 0.1) is 0 Å². The zero-order valence-corrected chi connectivity index (χ0v) is 16.3. The van der Waals surface area contributed by atoms with Crippen LogP contribution in [0, 0.1) is 5.92 Å². The van der Waals surface area contributed by atoms with Crippen LogP contribution in [0.4, 0.5) is 0 Å². The third kappa shape index (κ3) is 3.92. The smallest absolute Gasteiger partial charge is 0.230 e. The lowest BCUT2D eigenvalue weighted by Crippen LogP contribution is -2.38. The van der Waals surface area contributed by atoms with Crippen molar-refractivity contribution in [2.45, 2.75) is 37.5 Å². The molecule has 0 radical (unpaired) electrons. The van der Waals surface area contributed by atoms with Gasteiger partial charge in [0.15, 0.2) is 0 Å². The van der Waals surface area contributed by atoms with Gasteiger partial charge in [0, 0.05) is 31.6 Å². The molecule has 148 valence electrons. The first kappa shape index (κ1) is 18.0. The molecular formula is C23H24N4O2. The molecule has 2 atom stereocenters. The fourth-order valence-corrected chi connectivity index (χ4v) is 4.31. The van der Waals surface area contributed by atoms with Crippen LogP contribution >= 0.6 is 0 Å². The Morgan fingerprint density at radius 3 is 2.62 bits per heavy atom. The minimum absolute atomic E-state index is 0.210. The summed E-state index contributed by atoms with van der Waals surface area (Å²) in [4.78, 5) is 23.5. The fourth-order valence-electron chi connectivity index (χ4n) is 4.31. The van der Waals surface area contributed by atoms with Crippen LogP contribution in [0.5, 0.6) is 0 Å². The SMILES string of the molecule is O=C(CC1CC1c1ccccc1)N1CCC(c2nc(-c3ccccn3)no2)CC1. The van der Waals surface area contributed by atoms with Crippen molar-refractivity contribution in [3.8, 4) is 11.5 Å². The third-order valence-corrected chi connectivity index (χ3v) is 6.12. The van der Waals surface area contributed by atoms with E-state index in [1.807, 2.05) is 29.2 Å². The highest BCUT2D eigenvalue weighted by atomic mass is 16.5.